The summed E-state index contributed by atoms with van der Waals surface area (Å²) >= 11 is 0. The maximum absolute atomic E-state index is 3.92. The Balaban J connectivity index is 1.39. The highest BCUT2D eigenvalue weighted by Crippen LogP contribution is 2.48. The van der Waals surface area contributed by atoms with Gasteiger partial charge in [0.15, 0.2) is 0 Å². The zero-order valence-electron chi connectivity index (χ0n) is 13.3. The fraction of sp³-hybridized carbons (Fsp3) is 1.00. The average molecular weight is 263 g/mol. The molecule has 0 aromatic heterocycles. The summed E-state index contributed by atoms with van der Waals surface area (Å²) in [6, 6.07) is 0.831. The molecule has 3 fully saturated rings. The van der Waals surface area contributed by atoms with Gasteiger partial charge in [0.25, 0.3) is 0 Å². The van der Waals surface area contributed by atoms with Crippen LogP contribution in [0.1, 0.15) is 72.1 Å². The van der Waals surface area contributed by atoms with Gasteiger partial charge in [-0.25, -0.2) is 0 Å². The molecule has 3 unspecified atom stereocenters. The molecule has 3 rings (SSSR count). The predicted molar refractivity (Wildman–Crippen MR) is 82.1 cm³/mol. The van der Waals surface area contributed by atoms with Crippen molar-refractivity contribution in [3.8, 4) is 0 Å². The minimum Gasteiger partial charge on any atom is -0.314 e. The minimum atomic E-state index is 0.523. The lowest BCUT2D eigenvalue weighted by atomic mass is 9.71. The number of hydrogen-bond acceptors (Lipinski definition) is 1. The van der Waals surface area contributed by atoms with Crippen LogP contribution in [0, 0.1) is 29.1 Å². The number of hydrogen-bond donors (Lipinski definition) is 1. The Hall–Kier alpha value is -0.0400. The van der Waals surface area contributed by atoms with Gasteiger partial charge in [0.2, 0.25) is 0 Å². The van der Waals surface area contributed by atoms with Crippen LogP contribution < -0.4 is 5.32 Å². The number of rotatable bonds is 3. The van der Waals surface area contributed by atoms with Crippen molar-refractivity contribution >= 4 is 0 Å². The van der Waals surface area contributed by atoms with E-state index in [4.69, 9.17) is 0 Å². The van der Waals surface area contributed by atoms with Crippen LogP contribution in [-0.2, 0) is 0 Å². The van der Waals surface area contributed by atoms with E-state index >= 15 is 0 Å². The van der Waals surface area contributed by atoms with Gasteiger partial charge in [-0.05, 0) is 80.6 Å². The SMILES string of the molecule is CC(C)(C)C1CCC(NCC2CC3CCC2C3)CC1. The molecule has 0 aliphatic heterocycles. The van der Waals surface area contributed by atoms with Gasteiger partial charge in [-0.2, -0.15) is 0 Å². The Kier molecular flexibility index (Phi) is 3.95. The fourth-order valence-electron chi connectivity index (χ4n) is 5.11. The van der Waals surface area contributed by atoms with Crippen molar-refractivity contribution in [1.29, 1.82) is 0 Å². The second kappa shape index (κ2) is 5.39. The van der Waals surface area contributed by atoms with E-state index in [1.165, 1.54) is 51.5 Å². The maximum Gasteiger partial charge on any atom is 0.00673 e. The van der Waals surface area contributed by atoms with E-state index in [0.29, 0.717) is 5.41 Å². The molecule has 0 radical (unpaired) electrons. The molecule has 19 heavy (non-hydrogen) atoms. The summed E-state index contributed by atoms with van der Waals surface area (Å²) in [5.41, 5.74) is 0.523. The first-order valence-corrected chi connectivity index (χ1v) is 8.75. The van der Waals surface area contributed by atoms with Crippen LogP contribution in [0.3, 0.4) is 0 Å². The summed E-state index contributed by atoms with van der Waals surface area (Å²) in [4.78, 5) is 0. The Morgan fingerprint density at radius 2 is 1.63 bits per heavy atom. The van der Waals surface area contributed by atoms with Crippen molar-refractivity contribution in [1.82, 2.24) is 5.32 Å². The number of nitrogens with one attached hydrogen (secondary N) is 1. The zero-order chi connectivity index (χ0) is 13.5. The maximum atomic E-state index is 3.92. The van der Waals surface area contributed by atoms with Gasteiger partial charge >= 0.3 is 0 Å². The molecule has 0 heterocycles. The van der Waals surface area contributed by atoms with Crippen LogP contribution in [0.4, 0.5) is 0 Å². The summed E-state index contributed by atoms with van der Waals surface area (Å²) in [5, 5.41) is 3.92. The molecule has 1 nitrogen and oxygen atoms in total. The van der Waals surface area contributed by atoms with E-state index in [1.54, 1.807) is 6.42 Å². The third-order valence-corrected chi connectivity index (χ3v) is 6.51. The number of fused-ring (bicyclic) bond motifs is 2. The standard InChI is InChI=1S/C18H33N/c1-18(2,3)16-6-8-17(9-7-16)19-12-15-11-13-4-5-14(15)10-13/h13-17,19H,4-12H2,1-3H3. The molecule has 0 aromatic carbocycles. The van der Waals surface area contributed by atoms with Crippen molar-refractivity contribution in [3.05, 3.63) is 0 Å². The molecular formula is C18H33N. The third-order valence-electron chi connectivity index (χ3n) is 6.51. The summed E-state index contributed by atoms with van der Waals surface area (Å²) < 4.78 is 0. The first kappa shape index (κ1) is 13.9. The van der Waals surface area contributed by atoms with Gasteiger partial charge in [-0.3, -0.25) is 0 Å². The monoisotopic (exact) mass is 263 g/mol. The summed E-state index contributed by atoms with van der Waals surface area (Å²) in [6.07, 6.45) is 11.9. The van der Waals surface area contributed by atoms with Crippen molar-refractivity contribution < 1.29 is 0 Å². The van der Waals surface area contributed by atoms with E-state index in [-0.39, 0.29) is 0 Å². The molecule has 1 N–H and O–H groups in total. The molecule has 3 saturated carbocycles. The average Bonchev–Trinajstić information content (AvgIpc) is 2.98. The highest BCUT2D eigenvalue weighted by atomic mass is 14.9. The Morgan fingerprint density at radius 3 is 2.16 bits per heavy atom. The van der Waals surface area contributed by atoms with E-state index < -0.39 is 0 Å². The smallest absolute Gasteiger partial charge is 0.00673 e. The van der Waals surface area contributed by atoms with E-state index in [1.807, 2.05) is 0 Å². The second-order valence-corrected chi connectivity index (χ2v) is 8.76. The van der Waals surface area contributed by atoms with E-state index in [9.17, 15) is 0 Å². The van der Waals surface area contributed by atoms with Gasteiger partial charge in [-0.1, -0.05) is 27.2 Å². The molecule has 110 valence electrons. The molecule has 0 amide bonds. The van der Waals surface area contributed by atoms with Crippen LogP contribution in [0.2, 0.25) is 0 Å². The lowest BCUT2D eigenvalue weighted by Gasteiger charge is -2.37. The topological polar surface area (TPSA) is 12.0 Å². The first-order chi connectivity index (χ1) is 9.02. The molecule has 0 aromatic rings. The van der Waals surface area contributed by atoms with Crippen LogP contribution >= 0.6 is 0 Å². The molecule has 0 saturated heterocycles. The van der Waals surface area contributed by atoms with E-state index in [0.717, 1.165) is 29.7 Å². The van der Waals surface area contributed by atoms with Gasteiger partial charge < -0.3 is 5.32 Å². The fourth-order valence-corrected chi connectivity index (χ4v) is 5.11. The van der Waals surface area contributed by atoms with Crippen molar-refractivity contribution in [2.45, 2.75) is 78.2 Å². The lowest BCUT2D eigenvalue weighted by molar-refractivity contribution is 0.156. The molecule has 1 heteroatoms. The molecule has 3 aliphatic rings. The normalized spacial score (nSPS) is 42.8. The van der Waals surface area contributed by atoms with Gasteiger partial charge in [-0.15, -0.1) is 0 Å². The summed E-state index contributed by atoms with van der Waals surface area (Å²) in [5.74, 6) is 4.17. The van der Waals surface area contributed by atoms with Crippen molar-refractivity contribution in [2.24, 2.45) is 29.1 Å². The Morgan fingerprint density at radius 1 is 0.895 bits per heavy atom. The van der Waals surface area contributed by atoms with Gasteiger partial charge in [0.1, 0.15) is 0 Å². The van der Waals surface area contributed by atoms with Crippen LogP contribution in [0.25, 0.3) is 0 Å². The molecule has 2 bridgehead atoms. The zero-order valence-corrected chi connectivity index (χ0v) is 13.3. The van der Waals surface area contributed by atoms with E-state index in [2.05, 4.69) is 26.1 Å². The van der Waals surface area contributed by atoms with Crippen molar-refractivity contribution in [3.63, 3.8) is 0 Å². The Bertz CT molecular complexity index is 295. The van der Waals surface area contributed by atoms with Crippen LogP contribution in [0.5, 0.6) is 0 Å². The lowest BCUT2D eigenvalue weighted by Crippen LogP contribution is -2.39. The Labute approximate surface area is 119 Å². The molecule has 3 atom stereocenters. The van der Waals surface area contributed by atoms with Gasteiger partial charge in [0.05, 0.1) is 0 Å². The largest absolute Gasteiger partial charge is 0.314 e. The highest BCUT2D eigenvalue weighted by Gasteiger charge is 2.39. The molecule has 0 spiro atoms. The van der Waals surface area contributed by atoms with Crippen LogP contribution in [-0.4, -0.2) is 12.6 Å². The quantitative estimate of drug-likeness (QED) is 0.783. The second-order valence-electron chi connectivity index (χ2n) is 8.76. The van der Waals surface area contributed by atoms with Gasteiger partial charge in [0, 0.05) is 6.04 Å². The first-order valence-electron chi connectivity index (χ1n) is 8.75. The highest BCUT2D eigenvalue weighted by molar-refractivity contribution is 4.92. The third kappa shape index (κ3) is 3.17. The summed E-state index contributed by atoms with van der Waals surface area (Å²) in [7, 11) is 0. The molecular weight excluding hydrogens is 230 g/mol. The van der Waals surface area contributed by atoms with Crippen molar-refractivity contribution in [2.75, 3.05) is 6.54 Å². The molecule has 3 aliphatic carbocycles. The minimum absolute atomic E-state index is 0.523. The predicted octanol–water partition coefficient (Wildman–Crippen LogP) is 4.62. The van der Waals surface area contributed by atoms with Crippen LogP contribution in [0.15, 0.2) is 0 Å². The summed E-state index contributed by atoms with van der Waals surface area (Å²) in [6.45, 7) is 8.58.